The summed E-state index contributed by atoms with van der Waals surface area (Å²) in [5, 5.41) is 0. The van der Waals surface area contributed by atoms with Gasteiger partial charge in [0.2, 0.25) is 5.75 Å². The molecule has 0 unspecified atom stereocenters. The molecular formula is C24H27NO4. The van der Waals surface area contributed by atoms with Crippen LogP contribution in [-0.4, -0.2) is 28.3 Å². The molecule has 0 aromatic heterocycles. The number of rotatable bonds is 9. The Hall–Kier alpha value is -3.34. The predicted octanol–water partition coefficient (Wildman–Crippen LogP) is 4.93. The quantitative estimate of drug-likeness (QED) is 0.516. The first-order valence-electron chi connectivity index (χ1n) is 9.43. The van der Waals surface area contributed by atoms with Crippen LogP contribution in [0.1, 0.15) is 11.1 Å². The maximum Gasteiger partial charge on any atom is 0.203 e. The third kappa shape index (κ3) is 4.93. The second-order valence-electron chi connectivity index (χ2n) is 6.70. The molecular weight excluding hydrogens is 366 g/mol. The van der Waals surface area contributed by atoms with E-state index in [1.807, 2.05) is 68.7 Å². The van der Waals surface area contributed by atoms with Gasteiger partial charge in [-0.15, -0.1) is 0 Å². The van der Waals surface area contributed by atoms with Crippen molar-refractivity contribution >= 4 is 5.69 Å². The average Bonchev–Trinajstić information content (AvgIpc) is 2.76. The minimum absolute atomic E-state index is 0.368. The van der Waals surface area contributed by atoms with Crippen LogP contribution in [0.25, 0.3) is 0 Å². The van der Waals surface area contributed by atoms with Crippen molar-refractivity contribution < 1.29 is 18.9 Å². The zero-order valence-corrected chi connectivity index (χ0v) is 17.3. The highest BCUT2D eigenvalue weighted by molar-refractivity contribution is 5.54. The zero-order valence-electron chi connectivity index (χ0n) is 17.3. The minimum atomic E-state index is 0.368. The van der Waals surface area contributed by atoms with E-state index in [-0.39, 0.29) is 0 Å². The third-order valence-electron chi connectivity index (χ3n) is 4.58. The third-order valence-corrected chi connectivity index (χ3v) is 4.58. The summed E-state index contributed by atoms with van der Waals surface area (Å²) >= 11 is 0. The van der Waals surface area contributed by atoms with Gasteiger partial charge in [0.1, 0.15) is 19.0 Å². The van der Waals surface area contributed by atoms with Crippen LogP contribution >= 0.6 is 0 Å². The lowest BCUT2D eigenvalue weighted by atomic mass is 10.2. The van der Waals surface area contributed by atoms with E-state index in [1.165, 1.54) is 0 Å². The van der Waals surface area contributed by atoms with Crippen LogP contribution in [0, 0.1) is 0 Å². The molecule has 5 heteroatoms. The summed E-state index contributed by atoms with van der Waals surface area (Å²) in [6.45, 7) is 0.800. The Labute approximate surface area is 172 Å². The maximum absolute atomic E-state index is 6.09. The summed E-state index contributed by atoms with van der Waals surface area (Å²) in [6, 6.07) is 21.6. The van der Waals surface area contributed by atoms with Crippen LogP contribution in [0.4, 0.5) is 5.69 Å². The molecule has 0 fully saturated rings. The molecule has 29 heavy (non-hydrogen) atoms. The topological polar surface area (TPSA) is 40.2 Å². The fraction of sp³-hybridized carbons (Fsp3) is 0.250. The van der Waals surface area contributed by atoms with E-state index in [4.69, 9.17) is 18.9 Å². The summed E-state index contributed by atoms with van der Waals surface area (Å²) in [5.74, 6) is 2.62. The summed E-state index contributed by atoms with van der Waals surface area (Å²) in [4.78, 5) is 2.07. The van der Waals surface area contributed by atoms with Gasteiger partial charge in [0.05, 0.1) is 14.2 Å². The molecule has 3 aromatic rings. The number of hydrogen-bond donors (Lipinski definition) is 0. The fourth-order valence-corrected chi connectivity index (χ4v) is 3.13. The first-order valence-corrected chi connectivity index (χ1v) is 9.43. The van der Waals surface area contributed by atoms with Gasteiger partial charge in [0, 0.05) is 30.9 Å². The largest absolute Gasteiger partial charge is 0.496 e. The number of benzene rings is 3. The lowest BCUT2D eigenvalue weighted by molar-refractivity contribution is 0.255. The number of para-hydroxylation sites is 3. The van der Waals surface area contributed by atoms with Crippen molar-refractivity contribution in [3.05, 3.63) is 77.9 Å². The van der Waals surface area contributed by atoms with Crippen LogP contribution in [0.5, 0.6) is 23.0 Å². The number of methoxy groups -OCH3 is 2. The first-order chi connectivity index (χ1) is 14.1. The molecule has 0 N–H and O–H groups in total. The van der Waals surface area contributed by atoms with E-state index in [9.17, 15) is 0 Å². The Bertz CT molecular complexity index is 940. The number of nitrogens with zero attached hydrogens (tertiary/aromatic N) is 1. The Morgan fingerprint density at radius 2 is 1.17 bits per heavy atom. The van der Waals surface area contributed by atoms with Gasteiger partial charge in [-0.05, 0) is 24.3 Å². The van der Waals surface area contributed by atoms with E-state index >= 15 is 0 Å². The standard InChI is InChI=1S/C24H27NO4/c1-25(2)20-12-7-5-10-18(20)16-28-22-14-9-15-23(24(22)27-4)29-17-19-11-6-8-13-21(19)26-3/h5-15H,16-17H2,1-4H3. The highest BCUT2D eigenvalue weighted by Crippen LogP contribution is 2.38. The molecule has 0 saturated heterocycles. The van der Waals surface area contributed by atoms with Crippen LogP contribution in [-0.2, 0) is 13.2 Å². The van der Waals surface area contributed by atoms with Crippen LogP contribution in [0.15, 0.2) is 66.7 Å². The maximum atomic E-state index is 6.09. The Kier molecular flexibility index (Phi) is 6.85. The van der Waals surface area contributed by atoms with Gasteiger partial charge in [-0.3, -0.25) is 0 Å². The van der Waals surface area contributed by atoms with E-state index in [0.29, 0.717) is 30.5 Å². The normalized spacial score (nSPS) is 10.3. The Morgan fingerprint density at radius 1 is 0.621 bits per heavy atom. The van der Waals surface area contributed by atoms with Crippen molar-refractivity contribution in [1.82, 2.24) is 0 Å². The number of hydrogen-bond acceptors (Lipinski definition) is 5. The molecule has 0 heterocycles. The number of ether oxygens (including phenoxy) is 4. The number of anilines is 1. The monoisotopic (exact) mass is 393 g/mol. The minimum Gasteiger partial charge on any atom is -0.496 e. The molecule has 0 radical (unpaired) electrons. The Morgan fingerprint density at radius 3 is 1.79 bits per heavy atom. The fourth-order valence-electron chi connectivity index (χ4n) is 3.13. The van der Waals surface area contributed by atoms with Crippen molar-refractivity contribution in [2.75, 3.05) is 33.2 Å². The second kappa shape index (κ2) is 9.73. The van der Waals surface area contributed by atoms with Gasteiger partial charge in [-0.1, -0.05) is 42.5 Å². The first kappa shape index (κ1) is 20.4. The highest BCUT2D eigenvalue weighted by atomic mass is 16.5. The van der Waals surface area contributed by atoms with Crippen molar-refractivity contribution in [2.24, 2.45) is 0 Å². The molecule has 0 spiro atoms. The van der Waals surface area contributed by atoms with Gasteiger partial charge in [-0.25, -0.2) is 0 Å². The van der Waals surface area contributed by atoms with E-state index in [0.717, 1.165) is 22.6 Å². The molecule has 152 valence electrons. The summed E-state index contributed by atoms with van der Waals surface area (Å²) in [5.41, 5.74) is 3.18. The smallest absolute Gasteiger partial charge is 0.203 e. The van der Waals surface area contributed by atoms with E-state index in [2.05, 4.69) is 17.0 Å². The predicted molar refractivity (Wildman–Crippen MR) is 115 cm³/mol. The Balaban J connectivity index is 1.76. The van der Waals surface area contributed by atoms with Crippen LogP contribution in [0.3, 0.4) is 0 Å². The lowest BCUT2D eigenvalue weighted by Crippen LogP contribution is -2.12. The van der Waals surface area contributed by atoms with Gasteiger partial charge in [0.25, 0.3) is 0 Å². The molecule has 0 aliphatic rings. The van der Waals surface area contributed by atoms with Crippen molar-refractivity contribution in [3.63, 3.8) is 0 Å². The molecule has 0 bridgehead atoms. The molecule has 0 aliphatic heterocycles. The van der Waals surface area contributed by atoms with Gasteiger partial charge < -0.3 is 23.8 Å². The molecule has 0 amide bonds. The molecule has 5 nitrogen and oxygen atoms in total. The average molecular weight is 393 g/mol. The molecule has 0 aliphatic carbocycles. The van der Waals surface area contributed by atoms with Gasteiger partial charge in [0.15, 0.2) is 11.5 Å². The summed E-state index contributed by atoms with van der Waals surface area (Å²) < 4.78 is 23.1. The second-order valence-corrected chi connectivity index (χ2v) is 6.70. The molecule has 0 saturated carbocycles. The zero-order chi connectivity index (χ0) is 20.6. The van der Waals surface area contributed by atoms with Crippen LogP contribution < -0.4 is 23.8 Å². The SMILES string of the molecule is COc1ccccc1COc1cccc(OCc2ccccc2N(C)C)c1OC. The van der Waals surface area contributed by atoms with Crippen LogP contribution in [0.2, 0.25) is 0 Å². The molecule has 3 rings (SSSR count). The van der Waals surface area contributed by atoms with Crippen molar-refractivity contribution in [1.29, 1.82) is 0 Å². The highest BCUT2D eigenvalue weighted by Gasteiger charge is 2.14. The van der Waals surface area contributed by atoms with Crippen molar-refractivity contribution in [2.45, 2.75) is 13.2 Å². The van der Waals surface area contributed by atoms with E-state index < -0.39 is 0 Å². The molecule has 0 atom stereocenters. The van der Waals surface area contributed by atoms with Gasteiger partial charge >= 0.3 is 0 Å². The van der Waals surface area contributed by atoms with Crippen molar-refractivity contribution in [3.8, 4) is 23.0 Å². The van der Waals surface area contributed by atoms with Gasteiger partial charge in [-0.2, -0.15) is 0 Å². The molecule has 3 aromatic carbocycles. The van der Waals surface area contributed by atoms with E-state index in [1.54, 1.807) is 14.2 Å². The lowest BCUT2D eigenvalue weighted by Gasteiger charge is -2.19. The summed E-state index contributed by atoms with van der Waals surface area (Å²) in [7, 11) is 7.31. The summed E-state index contributed by atoms with van der Waals surface area (Å²) in [6.07, 6.45) is 0.